The summed E-state index contributed by atoms with van der Waals surface area (Å²) in [7, 11) is 0. The molecule has 1 fully saturated rings. The van der Waals surface area contributed by atoms with Gasteiger partial charge in [-0.1, -0.05) is 30.3 Å². The van der Waals surface area contributed by atoms with Crippen molar-refractivity contribution in [1.29, 1.82) is 0 Å². The fourth-order valence-electron chi connectivity index (χ4n) is 3.87. The molecule has 1 aromatic heterocycles. The number of anilines is 1. The Balaban J connectivity index is 1.46. The van der Waals surface area contributed by atoms with Crippen molar-refractivity contribution < 1.29 is 9.59 Å². The molecule has 1 atom stereocenters. The molecule has 0 spiro atoms. The van der Waals surface area contributed by atoms with Gasteiger partial charge in [0.05, 0.1) is 6.33 Å². The summed E-state index contributed by atoms with van der Waals surface area (Å²) < 4.78 is 1.98. The number of likely N-dealkylation sites (tertiary alicyclic amines) is 1. The molecular formula is C22H24N4O2. The van der Waals surface area contributed by atoms with E-state index in [2.05, 4.69) is 10.3 Å². The number of nitrogens with one attached hydrogen (secondary N) is 1. The first-order chi connectivity index (χ1) is 13.6. The zero-order chi connectivity index (χ0) is 19.6. The lowest BCUT2D eigenvalue weighted by atomic mass is 9.97. The van der Waals surface area contributed by atoms with Gasteiger partial charge in [0.2, 0.25) is 11.8 Å². The van der Waals surface area contributed by atoms with Gasteiger partial charge in [0.15, 0.2) is 0 Å². The van der Waals surface area contributed by atoms with Crippen LogP contribution in [-0.2, 0) is 16.1 Å². The van der Waals surface area contributed by atoms with Crippen molar-refractivity contribution in [3.63, 3.8) is 0 Å². The van der Waals surface area contributed by atoms with Gasteiger partial charge in [0.25, 0.3) is 0 Å². The average molecular weight is 376 g/mol. The highest BCUT2D eigenvalue weighted by molar-refractivity contribution is 6.03. The first-order valence-electron chi connectivity index (χ1n) is 9.63. The maximum Gasteiger partial charge on any atom is 0.250 e. The van der Waals surface area contributed by atoms with Gasteiger partial charge in [0.1, 0.15) is 5.54 Å². The van der Waals surface area contributed by atoms with Gasteiger partial charge < -0.3 is 14.8 Å². The lowest BCUT2D eigenvalue weighted by molar-refractivity contribution is -0.137. The first-order valence-corrected chi connectivity index (χ1v) is 9.63. The van der Waals surface area contributed by atoms with Crippen LogP contribution in [0.4, 0.5) is 5.69 Å². The monoisotopic (exact) mass is 376 g/mol. The summed E-state index contributed by atoms with van der Waals surface area (Å²) in [6.45, 7) is 3.19. The Morgan fingerprint density at radius 3 is 2.79 bits per heavy atom. The molecule has 1 unspecified atom stereocenters. The molecule has 4 rings (SSSR count). The van der Waals surface area contributed by atoms with Crippen LogP contribution in [0.3, 0.4) is 0 Å². The van der Waals surface area contributed by atoms with Gasteiger partial charge in [-0.3, -0.25) is 9.59 Å². The van der Waals surface area contributed by atoms with Gasteiger partial charge in [-0.05, 0) is 42.7 Å². The number of amides is 2. The van der Waals surface area contributed by atoms with Crippen molar-refractivity contribution in [2.75, 3.05) is 11.9 Å². The highest BCUT2D eigenvalue weighted by Gasteiger charge is 2.46. The molecule has 1 aliphatic rings. The Kier molecular flexibility index (Phi) is 4.86. The molecule has 28 heavy (non-hydrogen) atoms. The summed E-state index contributed by atoms with van der Waals surface area (Å²) in [6, 6.07) is 13.9. The third kappa shape index (κ3) is 3.50. The van der Waals surface area contributed by atoms with Crippen LogP contribution in [0.25, 0.3) is 10.8 Å². The van der Waals surface area contributed by atoms with Crippen molar-refractivity contribution in [3.05, 3.63) is 61.2 Å². The molecule has 1 N–H and O–H groups in total. The van der Waals surface area contributed by atoms with Gasteiger partial charge in [-0.15, -0.1) is 0 Å². The van der Waals surface area contributed by atoms with E-state index in [0.29, 0.717) is 19.4 Å². The molecule has 6 nitrogen and oxygen atoms in total. The largest absolute Gasteiger partial charge is 0.337 e. The summed E-state index contributed by atoms with van der Waals surface area (Å²) in [4.78, 5) is 31.3. The number of hydrogen-bond donors (Lipinski definition) is 1. The van der Waals surface area contributed by atoms with E-state index in [0.717, 1.165) is 29.4 Å². The minimum absolute atomic E-state index is 0.0433. The molecule has 0 radical (unpaired) electrons. The van der Waals surface area contributed by atoms with E-state index in [9.17, 15) is 9.59 Å². The maximum absolute atomic E-state index is 13.1. The van der Waals surface area contributed by atoms with Gasteiger partial charge in [-0.25, -0.2) is 4.98 Å². The SMILES string of the molecule is CC1(C(=O)Nc2ccc3ccccc3c2)CCC(=O)N1CCCn1ccnc1. The van der Waals surface area contributed by atoms with Crippen LogP contribution < -0.4 is 5.32 Å². The summed E-state index contributed by atoms with van der Waals surface area (Å²) >= 11 is 0. The van der Waals surface area contributed by atoms with E-state index in [1.807, 2.05) is 60.2 Å². The standard InChI is InChI=1S/C22H24N4O2/c1-22(10-9-20(27)26(22)13-4-12-25-14-11-23-16-25)21(28)24-19-8-7-17-5-2-3-6-18(17)15-19/h2-3,5-8,11,14-16H,4,9-10,12-13H2,1H3,(H,24,28). The van der Waals surface area contributed by atoms with Gasteiger partial charge in [-0.2, -0.15) is 0 Å². The number of hydrogen-bond acceptors (Lipinski definition) is 3. The van der Waals surface area contributed by atoms with E-state index in [1.54, 1.807) is 17.4 Å². The second-order valence-electron chi connectivity index (χ2n) is 7.49. The molecule has 1 aliphatic heterocycles. The Morgan fingerprint density at radius 1 is 1.18 bits per heavy atom. The van der Waals surface area contributed by atoms with Gasteiger partial charge >= 0.3 is 0 Å². The third-order valence-electron chi connectivity index (χ3n) is 5.58. The highest BCUT2D eigenvalue weighted by atomic mass is 16.2. The second kappa shape index (κ2) is 7.46. The number of aryl methyl sites for hydroxylation is 1. The van der Waals surface area contributed by atoms with Crippen molar-refractivity contribution in [2.24, 2.45) is 0 Å². The molecule has 1 saturated heterocycles. The molecule has 2 heterocycles. The predicted octanol–water partition coefficient (Wildman–Crippen LogP) is 3.45. The van der Waals surface area contributed by atoms with Crippen LogP contribution in [0.1, 0.15) is 26.2 Å². The molecule has 2 aromatic carbocycles. The molecule has 0 saturated carbocycles. The number of carbonyl (C=O) groups excluding carboxylic acids is 2. The number of fused-ring (bicyclic) bond motifs is 1. The van der Waals surface area contributed by atoms with Crippen molar-refractivity contribution >= 4 is 28.3 Å². The second-order valence-corrected chi connectivity index (χ2v) is 7.49. The van der Waals surface area contributed by atoms with Crippen LogP contribution >= 0.6 is 0 Å². The van der Waals surface area contributed by atoms with Crippen LogP contribution in [-0.4, -0.2) is 38.3 Å². The van der Waals surface area contributed by atoms with E-state index < -0.39 is 5.54 Å². The maximum atomic E-state index is 13.1. The lowest BCUT2D eigenvalue weighted by Crippen LogP contribution is -2.52. The fraction of sp³-hybridized carbons (Fsp3) is 0.318. The summed E-state index contributed by atoms with van der Waals surface area (Å²) in [5.74, 6) is -0.0851. The lowest BCUT2D eigenvalue weighted by Gasteiger charge is -2.34. The Labute approximate surface area is 164 Å². The Morgan fingerprint density at radius 2 is 2.00 bits per heavy atom. The minimum atomic E-state index is -0.822. The summed E-state index contributed by atoms with van der Waals surface area (Å²) in [5.41, 5.74) is -0.0693. The number of nitrogens with zero attached hydrogens (tertiary/aromatic N) is 3. The van der Waals surface area contributed by atoms with Crippen LogP contribution in [0.5, 0.6) is 0 Å². The smallest absolute Gasteiger partial charge is 0.250 e. The third-order valence-corrected chi connectivity index (χ3v) is 5.58. The van der Waals surface area contributed by atoms with E-state index >= 15 is 0 Å². The number of benzene rings is 2. The first kappa shape index (κ1) is 18.2. The Hall–Kier alpha value is -3.15. The highest BCUT2D eigenvalue weighted by Crippen LogP contribution is 2.32. The van der Waals surface area contributed by atoms with Crippen LogP contribution in [0, 0.1) is 0 Å². The number of aromatic nitrogens is 2. The van der Waals surface area contributed by atoms with Gasteiger partial charge in [0, 0.05) is 37.6 Å². The van der Waals surface area contributed by atoms with E-state index in [1.165, 1.54) is 0 Å². The molecular weight excluding hydrogens is 352 g/mol. The van der Waals surface area contributed by atoms with Crippen molar-refractivity contribution in [2.45, 2.75) is 38.3 Å². The summed E-state index contributed by atoms with van der Waals surface area (Å²) in [6.07, 6.45) is 7.13. The molecule has 0 bridgehead atoms. The average Bonchev–Trinajstić information content (AvgIpc) is 3.32. The van der Waals surface area contributed by atoms with Crippen LogP contribution in [0.2, 0.25) is 0 Å². The van der Waals surface area contributed by atoms with Crippen molar-refractivity contribution in [1.82, 2.24) is 14.5 Å². The molecule has 3 aromatic rings. The van der Waals surface area contributed by atoms with E-state index in [4.69, 9.17) is 0 Å². The fourth-order valence-corrected chi connectivity index (χ4v) is 3.87. The minimum Gasteiger partial charge on any atom is -0.337 e. The van der Waals surface area contributed by atoms with Crippen molar-refractivity contribution in [3.8, 4) is 0 Å². The quantitative estimate of drug-likeness (QED) is 0.717. The van der Waals surface area contributed by atoms with Crippen LogP contribution in [0.15, 0.2) is 61.2 Å². The van der Waals surface area contributed by atoms with E-state index in [-0.39, 0.29) is 11.8 Å². The zero-order valence-electron chi connectivity index (χ0n) is 16.0. The molecule has 144 valence electrons. The molecule has 6 heteroatoms. The zero-order valence-corrected chi connectivity index (χ0v) is 16.0. The Bertz CT molecular complexity index is 999. The predicted molar refractivity (Wildman–Crippen MR) is 109 cm³/mol. The topological polar surface area (TPSA) is 67.2 Å². The number of rotatable bonds is 6. The molecule has 0 aliphatic carbocycles. The number of carbonyl (C=O) groups is 2. The normalized spacial score (nSPS) is 19.3. The molecule has 2 amide bonds. The summed E-state index contributed by atoms with van der Waals surface area (Å²) in [5, 5.41) is 5.23. The number of imidazole rings is 1.